The van der Waals surface area contributed by atoms with Gasteiger partial charge in [-0.2, -0.15) is 0 Å². The SMILES string of the molecule is CC(=O)c1cccc(OC[C@@H](O)CN2CCN(C(=O)C(C)C)CC2)c1. The van der Waals surface area contributed by atoms with Crippen LogP contribution in [-0.4, -0.2) is 72.0 Å². The van der Waals surface area contributed by atoms with Crippen LogP contribution in [0.15, 0.2) is 24.3 Å². The minimum absolute atomic E-state index is 0.0141. The molecule has 1 N–H and O–H groups in total. The van der Waals surface area contributed by atoms with Crippen molar-refractivity contribution in [3.05, 3.63) is 29.8 Å². The molecule has 1 heterocycles. The second-order valence-electron chi connectivity index (χ2n) is 6.83. The summed E-state index contributed by atoms with van der Waals surface area (Å²) < 4.78 is 5.60. The van der Waals surface area contributed by atoms with E-state index >= 15 is 0 Å². The van der Waals surface area contributed by atoms with E-state index in [1.54, 1.807) is 24.3 Å². The van der Waals surface area contributed by atoms with Crippen molar-refractivity contribution in [3.8, 4) is 5.75 Å². The lowest BCUT2D eigenvalue weighted by molar-refractivity contribution is -0.136. The highest BCUT2D eigenvalue weighted by molar-refractivity contribution is 5.94. The van der Waals surface area contributed by atoms with Crippen molar-refractivity contribution in [2.24, 2.45) is 5.92 Å². The molecule has 0 spiro atoms. The summed E-state index contributed by atoms with van der Waals surface area (Å²) in [5.41, 5.74) is 0.595. The third-order valence-corrected chi connectivity index (χ3v) is 4.33. The number of amides is 1. The second-order valence-corrected chi connectivity index (χ2v) is 6.83. The maximum atomic E-state index is 12.0. The van der Waals surface area contributed by atoms with Crippen molar-refractivity contribution >= 4 is 11.7 Å². The maximum Gasteiger partial charge on any atom is 0.225 e. The number of hydrogen-bond acceptors (Lipinski definition) is 5. The van der Waals surface area contributed by atoms with Crippen molar-refractivity contribution in [2.45, 2.75) is 26.9 Å². The number of piperazine rings is 1. The number of β-amino-alcohol motifs (C(OH)–C–C–N with tert-alkyl or cyclic N) is 1. The minimum atomic E-state index is -0.617. The lowest BCUT2D eigenvalue weighted by atomic mass is 10.1. The van der Waals surface area contributed by atoms with Gasteiger partial charge in [0.2, 0.25) is 5.91 Å². The lowest BCUT2D eigenvalue weighted by Gasteiger charge is -2.36. The second kappa shape index (κ2) is 8.97. The Hall–Kier alpha value is -1.92. The standard InChI is InChI=1S/C19H28N2O4/c1-14(2)19(24)21-9-7-20(8-10-21)12-17(23)13-25-18-6-4-5-16(11-18)15(3)22/h4-6,11,14,17,23H,7-10,12-13H2,1-3H3/t17-/m0/s1. The summed E-state index contributed by atoms with van der Waals surface area (Å²) >= 11 is 0. The monoisotopic (exact) mass is 348 g/mol. The quantitative estimate of drug-likeness (QED) is 0.755. The molecule has 0 saturated carbocycles. The fraction of sp³-hybridized carbons (Fsp3) is 0.579. The van der Waals surface area contributed by atoms with Crippen molar-refractivity contribution < 1.29 is 19.4 Å². The number of ether oxygens (including phenoxy) is 1. The molecule has 1 aliphatic heterocycles. The average molecular weight is 348 g/mol. The van der Waals surface area contributed by atoms with Crippen LogP contribution in [0, 0.1) is 5.92 Å². The highest BCUT2D eigenvalue weighted by Crippen LogP contribution is 2.14. The summed E-state index contributed by atoms with van der Waals surface area (Å²) in [5, 5.41) is 10.2. The number of aliphatic hydroxyl groups excluding tert-OH is 1. The predicted octanol–water partition coefficient (Wildman–Crippen LogP) is 1.43. The van der Waals surface area contributed by atoms with E-state index in [1.165, 1.54) is 6.92 Å². The Morgan fingerprint density at radius 1 is 1.20 bits per heavy atom. The summed E-state index contributed by atoms with van der Waals surface area (Å²) in [5.74, 6) is 0.782. The van der Waals surface area contributed by atoms with Crippen LogP contribution in [0.3, 0.4) is 0 Å². The molecule has 1 aromatic carbocycles. The van der Waals surface area contributed by atoms with Gasteiger partial charge in [0.15, 0.2) is 5.78 Å². The van der Waals surface area contributed by atoms with E-state index < -0.39 is 6.10 Å². The number of nitrogens with zero attached hydrogens (tertiary/aromatic N) is 2. The number of aliphatic hydroxyl groups is 1. The van der Waals surface area contributed by atoms with Crippen LogP contribution in [0.25, 0.3) is 0 Å². The number of carbonyl (C=O) groups is 2. The summed E-state index contributed by atoms with van der Waals surface area (Å²) in [6.45, 7) is 8.94. The van der Waals surface area contributed by atoms with E-state index in [-0.39, 0.29) is 24.2 Å². The molecule has 1 amide bonds. The van der Waals surface area contributed by atoms with Gasteiger partial charge < -0.3 is 14.7 Å². The Bertz CT molecular complexity index is 595. The van der Waals surface area contributed by atoms with Gasteiger partial charge >= 0.3 is 0 Å². The molecular weight excluding hydrogens is 320 g/mol. The molecule has 0 radical (unpaired) electrons. The predicted molar refractivity (Wildman–Crippen MR) is 95.8 cm³/mol. The highest BCUT2D eigenvalue weighted by atomic mass is 16.5. The maximum absolute atomic E-state index is 12.0. The number of rotatable bonds is 7. The topological polar surface area (TPSA) is 70.1 Å². The third kappa shape index (κ3) is 5.83. The molecule has 0 aromatic heterocycles. The average Bonchev–Trinajstić information content (AvgIpc) is 2.60. The van der Waals surface area contributed by atoms with Crippen LogP contribution < -0.4 is 4.74 Å². The van der Waals surface area contributed by atoms with E-state index in [0.717, 1.165) is 13.1 Å². The van der Waals surface area contributed by atoms with Gasteiger partial charge in [-0.1, -0.05) is 26.0 Å². The van der Waals surface area contributed by atoms with E-state index in [0.29, 0.717) is 30.9 Å². The molecule has 138 valence electrons. The fourth-order valence-electron chi connectivity index (χ4n) is 2.86. The first-order valence-electron chi connectivity index (χ1n) is 8.80. The summed E-state index contributed by atoms with van der Waals surface area (Å²) in [6.07, 6.45) is -0.617. The molecule has 2 rings (SSSR count). The smallest absolute Gasteiger partial charge is 0.225 e. The van der Waals surface area contributed by atoms with Crippen molar-refractivity contribution in [1.82, 2.24) is 9.80 Å². The Kier molecular flexibility index (Phi) is 6.96. The summed E-state index contributed by atoms with van der Waals surface area (Å²) in [4.78, 5) is 27.4. The fourth-order valence-corrected chi connectivity index (χ4v) is 2.86. The summed E-state index contributed by atoms with van der Waals surface area (Å²) in [6, 6.07) is 6.97. The zero-order valence-corrected chi connectivity index (χ0v) is 15.3. The van der Waals surface area contributed by atoms with E-state index in [4.69, 9.17) is 4.74 Å². The van der Waals surface area contributed by atoms with Crippen LogP contribution in [0.2, 0.25) is 0 Å². The highest BCUT2D eigenvalue weighted by Gasteiger charge is 2.24. The first-order valence-corrected chi connectivity index (χ1v) is 8.80. The molecule has 1 aromatic rings. The first kappa shape index (κ1) is 19.4. The molecule has 0 aliphatic carbocycles. The van der Waals surface area contributed by atoms with Gasteiger partial charge in [0.25, 0.3) is 0 Å². The van der Waals surface area contributed by atoms with Crippen LogP contribution >= 0.6 is 0 Å². The Labute approximate surface area is 149 Å². The Balaban J connectivity index is 1.74. The molecule has 1 saturated heterocycles. The van der Waals surface area contributed by atoms with E-state index in [2.05, 4.69) is 4.90 Å². The van der Waals surface area contributed by atoms with Gasteiger partial charge in [0, 0.05) is 44.2 Å². The van der Waals surface area contributed by atoms with E-state index in [9.17, 15) is 14.7 Å². The molecular formula is C19H28N2O4. The van der Waals surface area contributed by atoms with Crippen molar-refractivity contribution in [1.29, 1.82) is 0 Å². The Morgan fingerprint density at radius 3 is 2.48 bits per heavy atom. The van der Waals surface area contributed by atoms with Crippen molar-refractivity contribution in [2.75, 3.05) is 39.3 Å². The van der Waals surface area contributed by atoms with Gasteiger partial charge in [-0.05, 0) is 19.1 Å². The molecule has 0 unspecified atom stereocenters. The molecule has 1 aliphatic rings. The number of ketones is 1. The molecule has 1 atom stereocenters. The largest absolute Gasteiger partial charge is 0.491 e. The zero-order valence-electron chi connectivity index (χ0n) is 15.3. The van der Waals surface area contributed by atoms with Crippen LogP contribution in [0.4, 0.5) is 0 Å². The van der Waals surface area contributed by atoms with Crippen LogP contribution in [0.1, 0.15) is 31.1 Å². The minimum Gasteiger partial charge on any atom is -0.491 e. The lowest BCUT2D eigenvalue weighted by Crippen LogP contribution is -2.51. The number of benzene rings is 1. The first-order chi connectivity index (χ1) is 11.9. The number of Topliss-reactive ketones (excluding diaryl/α,β-unsaturated/α-hetero) is 1. The molecule has 25 heavy (non-hydrogen) atoms. The van der Waals surface area contributed by atoms with Crippen molar-refractivity contribution in [3.63, 3.8) is 0 Å². The number of hydrogen-bond donors (Lipinski definition) is 1. The Morgan fingerprint density at radius 2 is 1.88 bits per heavy atom. The van der Waals surface area contributed by atoms with E-state index in [1.807, 2.05) is 18.7 Å². The molecule has 0 bridgehead atoms. The van der Waals surface area contributed by atoms with Gasteiger partial charge in [-0.25, -0.2) is 0 Å². The summed E-state index contributed by atoms with van der Waals surface area (Å²) in [7, 11) is 0. The van der Waals surface area contributed by atoms with Gasteiger partial charge in [0.05, 0.1) is 0 Å². The van der Waals surface area contributed by atoms with Crippen LogP contribution in [0.5, 0.6) is 5.75 Å². The zero-order chi connectivity index (χ0) is 18.4. The van der Waals surface area contributed by atoms with Gasteiger partial charge in [-0.15, -0.1) is 0 Å². The molecule has 6 nitrogen and oxygen atoms in total. The van der Waals surface area contributed by atoms with Gasteiger partial charge in [0.1, 0.15) is 18.5 Å². The third-order valence-electron chi connectivity index (χ3n) is 4.33. The molecule has 1 fully saturated rings. The van der Waals surface area contributed by atoms with Crippen LogP contribution in [-0.2, 0) is 4.79 Å². The van der Waals surface area contributed by atoms with Gasteiger partial charge in [-0.3, -0.25) is 14.5 Å². The molecule has 6 heteroatoms. The number of carbonyl (C=O) groups excluding carboxylic acids is 2. The normalized spacial score (nSPS) is 16.8.